The molecule has 0 spiro atoms. The van der Waals surface area contributed by atoms with Crippen molar-refractivity contribution in [3.8, 4) is 0 Å². The third kappa shape index (κ3) is 3.10. The van der Waals surface area contributed by atoms with Gasteiger partial charge in [-0.05, 0) is 24.5 Å². The van der Waals surface area contributed by atoms with E-state index in [0.29, 0.717) is 5.75 Å². The Morgan fingerprint density at radius 1 is 1.33 bits per heavy atom. The maximum atomic E-state index is 11.8. The molecule has 1 amide bonds. The first-order valence-electron chi connectivity index (χ1n) is 6.08. The van der Waals surface area contributed by atoms with Crippen molar-refractivity contribution in [2.45, 2.75) is 0 Å². The number of nitrogens with two attached hydrogens (primary N) is 1. The van der Waals surface area contributed by atoms with Crippen LogP contribution in [-0.4, -0.2) is 49.0 Å². The van der Waals surface area contributed by atoms with E-state index in [1.165, 1.54) is 0 Å². The summed E-state index contributed by atoms with van der Waals surface area (Å²) in [6, 6.07) is 7.91. The summed E-state index contributed by atoms with van der Waals surface area (Å²) in [6.45, 7) is 3.36. The van der Waals surface area contributed by atoms with Gasteiger partial charge in [0, 0.05) is 37.6 Å². The lowest BCUT2D eigenvalue weighted by Crippen LogP contribution is -2.49. The number of benzene rings is 1. The van der Waals surface area contributed by atoms with Gasteiger partial charge in [-0.15, -0.1) is 0 Å². The number of nitrogens with zero attached hydrogens (tertiary/aromatic N) is 2. The molecule has 1 heterocycles. The monoisotopic (exact) mass is 265 g/mol. The molecule has 0 bridgehead atoms. The molecule has 18 heavy (non-hydrogen) atoms. The van der Waals surface area contributed by atoms with Crippen molar-refractivity contribution in [3.63, 3.8) is 0 Å². The number of hydrogen-bond acceptors (Lipinski definition) is 4. The van der Waals surface area contributed by atoms with Gasteiger partial charge in [-0.1, -0.05) is 6.07 Å². The second-order valence-corrected chi connectivity index (χ2v) is 5.26. The molecule has 0 saturated carbocycles. The molecule has 1 saturated heterocycles. The first-order chi connectivity index (χ1) is 8.70. The molecule has 1 aliphatic rings. The van der Waals surface area contributed by atoms with Crippen LogP contribution in [0.4, 0.5) is 11.4 Å². The molecule has 0 aromatic heterocycles. The summed E-state index contributed by atoms with van der Waals surface area (Å²) in [6.07, 6.45) is 1.96. The van der Waals surface area contributed by atoms with Crippen molar-refractivity contribution < 1.29 is 4.79 Å². The highest BCUT2D eigenvalue weighted by Crippen LogP contribution is 2.19. The minimum absolute atomic E-state index is 0.245. The van der Waals surface area contributed by atoms with Crippen molar-refractivity contribution in [1.29, 1.82) is 0 Å². The van der Waals surface area contributed by atoms with Crippen molar-refractivity contribution in [2.75, 3.05) is 48.8 Å². The zero-order chi connectivity index (χ0) is 13.0. The molecule has 1 aromatic carbocycles. The number of carbonyl (C=O) groups is 1. The zero-order valence-electron chi connectivity index (χ0n) is 10.6. The molecule has 2 rings (SSSR count). The Hall–Kier alpha value is -1.36. The average Bonchev–Trinajstić information content (AvgIpc) is 2.39. The summed E-state index contributed by atoms with van der Waals surface area (Å²) < 4.78 is 0. The highest BCUT2D eigenvalue weighted by atomic mass is 32.2. The quantitative estimate of drug-likeness (QED) is 0.837. The van der Waals surface area contributed by atoms with Gasteiger partial charge in [0.2, 0.25) is 5.91 Å². The number of nitrogen functional groups attached to an aromatic ring is 1. The van der Waals surface area contributed by atoms with Crippen LogP contribution < -0.4 is 10.6 Å². The van der Waals surface area contributed by atoms with Gasteiger partial charge in [0.15, 0.2) is 0 Å². The predicted octanol–water partition coefficient (Wildman–Crippen LogP) is 1.28. The average molecular weight is 265 g/mol. The number of amides is 1. The number of hydrogen-bond donors (Lipinski definition) is 1. The summed E-state index contributed by atoms with van der Waals surface area (Å²) in [4.78, 5) is 16.0. The highest BCUT2D eigenvalue weighted by molar-refractivity contribution is 7.99. The number of piperazine rings is 1. The second-order valence-electron chi connectivity index (χ2n) is 4.40. The van der Waals surface area contributed by atoms with Gasteiger partial charge in [0.25, 0.3) is 0 Å². The van der Waals surface area contributed by atoms with Crippen LogP contribution in [0.25, 0.3) is 0 Å². The number of carbonyl (C=O) groups excluding carboxylic acids is 1. The molecule has 0 atom stereocenters. The van der Waals surface area contributed by atoms with Gasteiger partial charge in [0.1, 0.15) is 0 Å². The lowest BCUT2D eigenvalue weighted by atomic mass is 10.2. The Bertz CT molecular complexity index is 416. The Morgan fingerprint density at radius 3 is 2.67 bits per heavy atom. The minimum atomic E-state index is 0.245. The van der Waals surface area contributed by atoms with E-state index in [0.717, 1.165) is 37.6 Å². The highest BCUT2D eigenvalue weighted by Gasteiger charge is 2.20. The van der Waals surface area contributed by atoms with E-state index in [2.05, 4.69) is 11.0 Å². The predicted molar refractivity (Wildman–Crippen MR) is 78.0 cm³/mol. The van der Waals surface area contributed by atoms with Gasteiger partial charge < -0.3 is 15.5 Å². The largest absolute Gasteiger partial charge is 0.399 e. The van der Waals surface area contributed by atoms with Crippen LogP contribution >= 0.6 is 11.8 Å². The molecule has 2 N–H and O–H groups in total. The number of anilines is 2. The van der Waals surface area contributed by atoms with Crippen LogP contribution in [0.3, 0.4) is 0 Å². The SMILES string of the molecule is CSCC(=O)N1CCN(c2cccc(N)c2)CC1. The Balaban J connectivity index is 1.92. The maximum absolute atomic E-state index is 11.8. The molecular weight excluding hydrogens is 246 g/mol. The first kappa shape index (κ1) is 13.1. The Labute approximate surface area is 112 Å². The normalized spacial score (nSPS) is 15.8. The van der Waals surface area contributed by atoms with Crippen LogP contribution in [0, 0.1) is 0 Å². The molecule has 5 heteroatoms. The summed E-state index contributed by atoms with van der Waals surface area (Å²) in [7, 11) is 0. The Morgan fingerprint density at radius 2 is 2.06 bits per heavy atom. The minimum Gasteiger partial charge on any atom is -0.399 e. The molecule has 0 radical (unpaired) electrons. The molecule has 98 valence electrons. The Kier molecular flexibility index (Phi) is 4.36. The van der Waals surface area contributed by atoms with Crippen molar-refractivity contribution in [1.82, 2.24) is 4.90 Å². The van der Waals surface area contributed by atoms with Crippen LogP contribution in [0.1, 0.15) is 0 Å². The standard InChI is InChI=1S/C13H19N3OS/c1-18-10-13(17)16-7-5-15(6-8-16)12-4-2-3-11(14)9-12/h2-4,9H,5-8,10,14H2,1H3. The molecule has 4 nitrogen and oxygen atoms in total. The van der Waals surface area contributed by atoms with Gasteiger partial charge >= 0.3 is 0 Å². The topological polar surface area (TPSA) is 49.6 Å². The second kappa shape index (κ2) is 6.00. The molecular formula is C13H19N3OS. The summed E-state index contributed by atoms with van der Waals surface area (Å²) in [5.41, 5.74) is 7.72. The molecule has 0 aliphatic carbocycles. The van der Waals surface area contributed by atoms with Gasteiger partial charge in [-0.3, -0.25) is 4.79 Å². The lowest BCUT2D eigenvalue weighted by molar-refractivity contribution is -0.128. The smallest absolute Gasteiger partial charge is 0.232 e. The van der Waals surface area contributed by atoms with Gasteiger partial charge in [0.05, 0.1) is 5.75 Å². The van der Waals surface area contributed by atoms with Gasteiger partial charge in [-0.2, -0.15) is 11.8 Å². The number of thioether (sulfide) groups is 1. The van der Waals surface area contributed by atoms with E-state index in [-0.39, 0.29) is 5.91 Å². The molecule has 0 unspecified atom stereocenters. The molecule has 1 aliphatic heterocycles. The fraction of sp³-hybridized carbons (Fsp3) is 0.462. The van der Waals surface area contributed by atoms with E-state index in [9.17, 15) is 4.79 Å². The summed E-state index contributed by atoms with van der Waals surface area (Å²) >= 11 is 1.58. The fourth-order valence-corrected chi connectivity index (χ4v) is 2.58. The van der Waals surface area contributed by atoms with E-state index >= 15 is 0 Å². The van der Waals surface area contributed by atoms with Crippen molar-refractivity contribution in [3.05, 3.63) is 24.3 Å². The van der Waals surface area contributed by atoms with Crippen LogP contribution in [0.15, 0.2) is 24.3 Å². The summed E-state index contributed by atoms with van der Waals surface area (Å²) in [5, 5.41) is 0. The van der Waals surface area contributed by atoms with Crippen LogP contribution in [-0.2, 0) is 4.79 Å². The lowest BCUT2D eigenvalue weighted by Gasteiger charge is -2.36. The van der Waals surface area contributed by atoms with E-state index < -0.39 is 0 Å². The fourth-order valence-electron chi connectivity index (χ4n) is 2.15. The van der Waals surface area contributed by atoms with E-state index in [4.69, 9.17) is 5.73 Å². The summed E-state index contributed by atoms with van der Waals surface area (Å²) in [5.74, 6) is 0.827. The van der Waals surface area contributed by atoms with Gasteiger partial charge in [-0.25, -0.2) is 0 Å². The van der Waals surface area contributed by atoms with Crippen LogP contribution in [0.5, 0.6) is 0 Å². The van der Waals surface area contributed by atoms with E-state index in [1.54, 1.807) is 11.8 Å². The maximum Gasteiger partial charge on any atom is 0.232 e. The van der Waals surface area contributed by atoms with Crippen molar-refractivity contribution >= 4 is 29.0 Å². The first-order valence-corrected chi connectivity index (χ1v) is 7.47. The number of rotatable bonds is 3. The molecule has 1 aromatic rings. The zero-order valence-corrected chi connectivity index (χ0v) is 11.4. The van der Waals surface area contributed by atoms with Crippen LogP contribution in [0.2, 0.25) is 0 Å². The van der Waals surface area contributed by atoms with E-state index in [1.807, 2.05) is 29.4 Å². The van der Waals surface area contributed by atoms with Crippen molar-refractivity contribution in [2.24, 2.45) is 0 Å². The third-order valence-electron chi connectivity index (χ3n) is 3.14. The molecule has 1 fully saturated rings. The third-order valence-corrected chi connectivity index (χ3v) is 3.67.